The van der Waals surface area contributed by atoms with Gasteiger partial charge in [0.2, 0.25) is 5.91 Å². The summed E-state index contributed by atoms with van der Waals surface area (Å²) in [5, 5.41) is 14.4. The number of amides is 3. The molecule has 1 saturated heterocycles. The van der Waals surface area contributed by atoms with Gasteiger partial charge in [-0.25, -0.2) is 4.79 Å². The van der Waals surface area contributed by atoms with E-state index in [1.165, 1.54) is 6.42 Å². The van der Waals surface area contributed by atoms with Crippen molar-refractivity contribution < 1.29 is 19.5 Å². The molecule has 8 nitrogen and oxygen atoms in total. The number of imide groups is 1. The van der Waals surface area contributed by atoms with Gasteiger partial charge in [0.25, 0.3) is 0 Å². The molecular formula is C19H35ClN4O4. The standard InChI is InChI=1S/C19H34N4O4.ClH/c1-3-23(13-18(25)26)15-8-10-22(11-9-15)12-17(24)21-19(27)20-16-7-5-4-6-14(16)2;/h14-16H,3-13H2,1-2H3,(H,25,26)(H2,20,21,24,27);1H. The molecule has 0 bridgehead atoms. The number of nitrogens with zero attached hydrogens (tertiary/aromatic N) is 2. The van der Waals surface area contributed by atoms with Gasteiger partial charge in [0.05, 0.1) is 13.1 Å². The number of nitrogens with one attached hydrogen (secondary N) is 2. The lowest BCUT2D eigenvalue weighted by Crippen LogP contribution is -2.51. The highest BCUT2D eigenvalue weighted by Gasteiger charge is 2.27. The number of carbonyl (C=O) groups excluding carboxylic acids is 2. The summed E-state index contributed by atoms with van der Waals surface area (Å²) < 4.78 is 0. The molecule has 2 atom stereocenters. The van der Waals surface area contributed by atoms with Crippen LogP contribution in [0, 0.1) is 5.92 Å². The summed E-state index contributed by atoms with van der Waals surface area (Å²) in [5.41, 5.74) is 0. The molecule has 9 heteroatoms. The van der Waals surface area contributed by atoms with E-state index in [9.17, 15) is 14.4 Å². The Bertz CT molecular complexity index is 526. The minimum atomic E-state index is -0.808. The average molecular weight is 419 g/mol. The fourth-order valence-corrected chi connectivity index (χ4v) is 4.22. The number of carboxylic acids is 1. The summed E-state index contributed by atoms with van der Waals surface area (Å²) in [7, 11) is 0. The molecule has 2 aliphatic rings. The van der Waals surface area contributed by atoms with Crippen molar-refractivity contribution in [2.45, 2.75) is 64.5 Å². The van der Waals surface area contributed by atoms with E-state index >= 15 is 0 Å². The molecule has 28 heavy (non-hydrogen) atoms. The second-order valence-electron chi connectivity index (χ2n) is 7.85. The first-order valence-corrected chi connectivity index (χ1v) is 10.2. The number of likely N-dealkylation sites (N-methyl/N-ethyl adjacent to an activating group) is 1. The fraction of sp³-hybridized carbons (Fsp3) is 0.842. The number of likely N-dealkylation sites (tertiary alicyclic amines) is 1. The smallest absolute Gasteiger partial charge is 0.321 e. The third-order valence-corrected chi connectivity index (χ3v) is 5.87. The maximum absolute atomic E-state index is 12.2. The summed E-state index contributed by atoms with van der Waals surface area (Å²) in [4.78, 5) is 39.2. The molecule has 2 unspecified atom stereocenters. The highest BCUT2D eigenvalue weighted by molar-refractivity contribution is 5.95. The Kier molecular flexibility index (Phi) is 10.8. The minimum absolute atomic E-state index is 0. The number of carbonyl (C=O) groups is 3. The van der Waals surface area contributed by atoms with Crippen LogP contribution in [0.5, 0.6) is 0 Å². The molecule has 0 radical (unpaired) electrons. The van der Waals surface area contributed by atoms with Gasteiger partial charge in [0.15, 0.2) is 0 Å². The number of rotatable bonds is 7. The van der Waals surface area contributed by atoms with Crippen LogP contribution in [0.3, 0.4) is 0 Å². The van der Waals surface area contributed by atoms with Gasteiger partial charge in [-0.1, -0.05) is 26.7 Å². The molecule has 1 aliphatic carbocycles. The Labute approximate surface area is 173 Å². The average Bonchev–Trinajstić information content (AvgIpc) is 2.62. The van der Waals surface area contributed by atoms with Crippen molar-refractivity contribution in [3.63, 3.8) is 0 Å². The van der Waals surface area contributed by atoms with Crippen molar-refractivity contribution in [1.82, 2.24) is 20.4 Å². The topological polar surface area (TPSA) is 102 Å². The van der Waals surface area contributed by atoms with Crippen LogP contribution < -0.4 is 10.6 Å². The van der Waals surface area contributed by atoms with Crippen LogP contribution in [0.25, 0.3) is 0 Å². The quantitative estimate of drug-likeness (QED) is 0.581. The number of halogens is 1. The highest BCUT2D eigenvalue weighted by Crippen LogP contribution is 2.23. The van der Waals surface area contributed by atoms with Gasteiger partial charge in [0.1, 0.15) is 0 Å². The number of piperidine rings is 1. The first kappa shape index (κ1) is 24.7. The lowest BCUT2D eigenvalue weighted by atomic mass is 9.86. The summed E-state index contributed by atoms with van der Waals surface area (Å²) in [6, 6.07) is -0.00897. The molecule has 1 aliphatic heterocycles. The molecule has 0 aromatic heterocycles. The summed E-state index contributed by atoms with van der Waals surface area (Å²) in [6.07, 6.45) is 6.08. The van der Waals surface area contributed by atoms with Crippen molar-refractivity contribution in [3.05, 3.63) is 0 Å². The van der Waals surface area contributed by atoms with E-state index in [-0.39, 0.29) is 43.5 Å². The maximum Gasteiger partial charge on any atom is 0.321 e. The number of aliphatic carboxylic acids is 1. The fourth-order valence-electron chi connectivity index (χ4n) is 4.22. The van der Waals surface area contributed by atoms with Gasteiger partial charge < -0.3 is 10.4 Å². The van der Waals surface area contributed by atoms with Crippen LogP contribution in [-0.4, -0.2) is 77.6 Å². The molecule has 0 aromatic carbocycles. The molecule has 2 fully saturated rings. The van der Waals surface area contributed by atoms with Gasteiger partial charge in [0, 0.05) is 25.2 Å². The molecule has 2 rings (SSSR count). The van der Waals surface area contributed by atoms with Crippen LogP contribution in [0.2, 0.25) is 0 Å². The third-order valence-electron chi connectivity index (χ3n) is 5.87. The molecule has 1 saturated carbocycles. The Morgan fingerprint density at radius 1 is 1.11 bits per heavy atom. The predicted octanol–water partition coefficient (Wildman–Crippen LogP) is 1.68. The largest absolute Gasteiger partial charge is 0.480 e. The van der Waals surface area contributed by atoms with E-state index in [1.54, 1.807) is 0 Å². The normalized spacial score (nSPS) is 23.7. The lowest BCUT2D eigenvalue weighted by Gasteiger charge is -2.37. The SMILES string of the molecule is CCN(CC(=O)O)C1CCN(CC(=O)NC(=O)NC2CCCCC2C)CC1.Cl. The van der Waals surface area contributed by atoms with E-state index in [0.29, 0.717) is 12.5 Å². The Morgan fingerprint density at radius 2 is 1.75 bits per heavy atom. The maximum atomic E-state index is 12.2. The van der Waals surface area contributed by atoms with Crippen molar-refractivity contribution >= 4 is 30.3 Å². The van der Waals surface area contributed by atoms with Crippen LogP contribution >= 0.6 is 12.4 Å². The highest BCUT2D eigenvalue weighted by atomic mass is 35.5. The lowest BCUT2D eigenvalue weighted by molar-refractivity contribution is -0.139. The van der Waals surface area contributed by atoms with Gasteiger partial charge in [-0.2, -0.15) is 0 Å². The van der Waals surface area contributed by atoms with Crippen LogP contribution in [0.1, 0.15) is 52.4 Å². The van der Waals surface area contributed by atoms with Gasteiger partial charge in [-0.3, -0.25) is 24.7 Å². The van der Waals surface area contributed by atoms with Crippen LogP contribution in [0.15, 0.2) is 0 Å². The van der Waals surface area contributed by atoms with Crippen molar-refractivity contribution in [2.75, 3.05) is 32.7 Å². The summed E-state index contributed by atoms with van der Waals surface area (Å²) in [6.45, 7) is 6.53. The first-order valence-electron chi connectivity index (χ1n) is 10.2. The number of urea groups is 1. The summed E-state index contributed by atoms with van der Waals surface area (Å²) >= 11 is 0. The molecule has 1 heterocycles. The van der Waals surface area contributed by atoms with Crippen molar-refractivity contribution in [1.29, 1.82) is 0 Å². The van der Waals surface area contributed by atoms with Crippen LogP contribution in [0.4, 0.5) is 4.79 Å². The zero-order valence-corrected chi connectivity index (χ0v) is 17.8. The third kappa shape index (κ3) is 7.93. The van der Waals surface area contributed by atoms with Gasteiger partial charge >= 0.3 is 12.0 Å². The molecule has 162 valence electrons. The molecule has 3 amide bonds. The summed E-state index contributed by atoms with van der Waals surface area (Å²) in [5.74, 6) is -0.643. The molecular weight excluding hydrogens is 384 g/mol. The van der Waals surface area contributed by atoms with Crippen molar-refractivity contribution in [2.24, 2.45) is 5.92 Å². The predicted molar refractivity (Wildman–Crippen MR) is 110 cm³/mol. The number of carboxylic acid groups (broad SMARTS) is 1. The monoisotopic (exact) mass is 418 g/mol. The second-order valence-corrected chi connectivity index (χ2v) is 7.85. The Hall–Kier alpha value is -1.38. The second kappa shape index (κ2) is 12.2. The Morgan fingerprint density at radius 3 is 2.32 bits per heavy atom. The van der Waals surface area contributed by atoms with E-state index in [0.717, 1.165) is 45.2 Å². The van der Waals surface area contributed by atoms with Gasteiger partial charge in [-0.15, -0.1) is 12.4 Å². The van der Waals surface area contributed by atoms with E-state index in [1.807, 2.05) is 16.7 Å². The molecule has 3 N–H and O–H groups in total. The zero-order chi connectivity index (χ0) is 19.8. The number of hydrogen-bond donors (Lipinski definition) is 3. The van der Waals surface area contributed by atoms with E-state index in [2.05, 4.69) is 17.6 Å². The molecule has 0 spiro atoms. The van der Waals surface area contributed by atoms with Crippen molar-refractivity contribution in [3.8, 4) is 0 Å². The first-order chi connectivity index (χ1) is 12.9. The zero-order valence-electron chi connectivity index (χ0n) is 17.0. The van der Waals surface area contributed by atoms with E-state index < -0.39 is 12.0 Å². The van der Waals surface area contributed by atoms with E-state index in [4.69, 9.17) is 5.11 Å². The number of hydrogen-bond acceptors (Lipinski definition) is 5. The molecule has 0 aromatic rings. The Balaban J connectivity index is 0.00000392. The van der Waals surface area contributed by atoms with Gasteiger partial charge in [-0.05, 0) is 38.1 Å². The minimum Gasteiger partial charge on any atom is -0.480 e. The van der Waals surface area contributed by atoms with Crippen LogP contribution in [-0.2, 0) is 9.59 Å².